The molecule has 170 valence electrons. The molecule has 3 aromatic rings. The van der Waals surface area contributed by atoms with E-state index in [9.17, 15) is 23.1 Å². The number of imidazole rings is 1. The number of carbonyl (C=O) groups excluding carboxylic acids is 1. The van der Waals surface area contributed by atoms with Crippen molar-refractivity contribution in [3.63, 3.8) is 0 Å². The second-order valence-electron chi connectivity index (χ2n) is 8.06. The van der Waals surface area contributed by atoms with Gasteiger partial charge in [-0.2, -0.15) is 13.2 Å². The highest BCUT2D eigenvalue weighted by Gasteiger charge is 2.29. The molecule has 0 bridgehead atoms. The lowest BCUT2D eigenvalue weighted by atomic mass is 9.86. The fraction of sp³-hybridized carbons (Fsp3) is 0.391. The molecular weight excluding hydrogens is 423 g/mol. The van der Waals surface area contributed by atoms with Crippen molar-refractivity contribution in [3.05, 3.63) is 54.5 Å². The van der Waals surface area contributed by atoms with Crippen LogP contribution in [-0.2, 0) is 0 Å². The van der Waals surface area contributed by atoms with Crippen LogP contribution in [-0.4, -0.2) is 45.8 Å². The summed E-state index contributed by atoms with van der Waals surface area (Å²) < 4.78 is 44.7. The Morgan fingerprint density at radius 2 is 1.97 bits per heavy atom. The first-order chi connectivity index (χ1) is 15.3. The maximum absolute atomic E-state index is 12.8. The van der Waals surface area contributed by atoms with E-state index in [4.69, 9.17) is 4.74 Å². The van der Waals surface area contributed by atoms with Crippen molar-refractivity contribution in [3.8, 4) is 16.9 Å². The van der Waals surface area contributed by atoms with Crippen molar-refractivity contribution >= 4 is 11.6 Å². The minimum atomic E-state index is -4.45. The maximum atomic E-state index is 12.8. The molecular formula is C23H24F3N3O3. The Kier molecular flexibility index (Phi) is 6.36. The number of hydrogen-bond acceptors (Lipinski definition) is 4. The van der Waals surface area contributed by atoms with E-state index < -0.39 is 12.8 Å². The zero-order valence-corrected chi connectivity index (χ0v) is 17.3. The lowest BCUT2D eigenvalue weighted by molar-refractivity contribution is -0.153. The summed E-state index contributed by atoms with van der Waals surface area (Å²) in [6, 6.07) is 9.88. The van der Waals surface area contributed by atoms with Crippen LogP contribution in [0.2, 0.25) is 0 Å². The monoisotopic (exact) mass is 447 g/mol. The number of nitrogens with one attached hydrogen (secondary N) is 1. The average molecular weight is 447 g/mol. The minimum Gasteiger partial charge on any atom is -0.483 e. The normalized spacial score (nSPS) is 19.1. The Hall–Kier alpha value is -3.07. The third kappa shape index (κ3) is 5.04. The number of para-hydroxylation sites is 1. The number of carbonyl (C=O) groups is 1. The summed E-state index contributed by atoms with van der Waals surface area (Å²) >= 11 is 0. The highest BCUT2D eigenvalue weighted by Crippen LogP contribution is 2.33. The molecule has 1 aliphatic carbocycles. The molecule has 0 spiro atoms. The molecule has 4 rings (SSSR count). The first-order valence-corrected chi connectivity index (χ1v) is 10.5. The standard InChI is InChI=1S/C23H24F3N3O3/c24-23(25,26)14-32-20-9-2-1-7-17(20)18-8-4-10-29-12-19(28-21(18)29)22(31)27-16-6-3-5-15(11-16)13-30/h1-2,4,7-10,12,15-16,30H,3,5-6,11,13-14H2,(H,27,31)/t15-,16+/m0/s1. The summed E-state index contributed by atoms with van der Waals surface area (Å²) in [5, 5.41) is 12.4. The van der Waals surface area contributed by atoms with Crippen LogP contribution >= 0.6 is 0 Å². The third-order valence-corrected chi connectivity index (χ3v) is 5.66. The van der Waals surface area contributed by atoms with Gasteiger partial charge in [-0.05, 0) is 43.4 Å². The van der Waals surface area contributed by atoms with E-state index in [1.807, 2.05) is 0 Å². The Balaban J connectivity index is 1.60. The van der Waals surface area contributed by atoms with Gasteiger partial charge in [0.1, 0.15) is 17.1 Å². The zero-order chi connectivity index (χ0) is 22.7. The molecule has 1 fully saturated rings. The molecule has 1 aromatic carbocycles. The predicted molar refractivity (Wildman–Crippen MR) is 112 cm³/mol. The summed E-state index contributed by atoms with van der Waals surface area (Å²) in [4.78, 5) is 17.3. The van der Waals surface area contributed by atoms with Crippen LogP contribution in [0, 0.1) is 5.92 Å². The molecule has 9 heteroatoms. The van der Waals surface area contributed by atoms with Crippen LogP contribution in [0.5, 0.6) is 5.75 Å². The topological polar surface area (TPSA) is 75.9 Å². The first-order valence-electron chi connectivity index (χ1n) is 10.5. The van der Waals surface area contributed by atoms with Gasteiger partial charge in [0.15, 0.2) is 6.61 Å². The highest BCUT2D eigenvalue weighted by molar-refractivity contribution is 5.94. The Labute approximate surface area is 183 Å². The van der Waals surface area contributed by atoms with Crippen molar-refractivity contribution in [2.24, 2.45) is 5.92 Å². The number of aliphatic hydroxyl groups excluding tert-OH is 1. The van der Waals surface area contributed by atoms with Crippen molar-refractivity contribution in [2.75, 3.05) is 13.2 Å². The van der Waals surface area contributed by atoms with Gasteiger partial charge in [0.05, 0.1) is 0 Å². The Morgan fingerprint density at radius 3 is 2.75 bits per heavy atom. The number of pyridine rings is 1. The van der Waals surface area contributed by atoms with E-state index in [1.165, 1.54) is 6.07 Å². The third-order valence-electron chi connectivity index (χ3n) is 5.66. The van der Waals surface area contributed by atoms with E-state index in [0.29, 0.717) is 16.8 Å². The highest BCUT2D eigenvalue weighted by atomic mass is 19.4. The largest absolute Gasteiger partial charge is 0.483 e. The van der Waals surface area contributed by atoms with Crippen molar-refractivity contribution in [1.82, 2.24) is 14.7 Å². The average Bonchev–Trinajstić information content (AvgIpc) is 3.22. The summed E-state index contributed by atoms with van der Waals surface area (Å²) in [6.07, 6.45) is 2.35. The number of ether oxygens (including phenoxy) is 1. The molecule has 1 saturated carbocycles. The fourth-order valence-electron chi connectivity index (χ4n) is 4.15. The molecule has 2 heterocycles. The number of amides is 1. The van der Waals surface area contributed by atoms with Gasteiger partial charge in [-0.3, -0.25) is 4.79 Å². The molecule has 2 N–H and O–H groups in total. The van der Waals surface area contributed by atoms with Crippen LogP contribution in [0.25, 0.3) is 16.8 Å². The Bertz CT molecular complexity index is 1100. The van der Waals surface area contributed by atoms with Gasteiger partial charge in [0, 0.05) is 36.2 Å². The fourth-order valence-corrected chi connectivity index (χ4v) is 4.15. The van der Waals surface area contributed by atoms with Crippen molar-refractivity contribution in [2.45, 2.75) is 37.9 Å². The van der Waals surface area contributed by atoms with Gasteiger partial charge in [0.2, 0.25) is 0 Å². The quantitative estimate of drug-likeness (QED) is 0.593. The number of rotatable bonds is 6. The van der Waals surface area contributed by atoms with Gasteiger partial charge in [-0.1, -0.05) is 24.6 Å². The molecule has 0 saturated heterocycles. The first kappa shape index (κ1) is 22.1. The summed E-state index contributed by atoms with van der Waals surface area (Å²) in [5.74, 6) is -0.0380. The number of alkyl halides is 3. The van der Waals surface area contributed by atoms with E-state index >= 15 is 0 Å². The van der Waals surface area contributed by atoms with Crippen LogP contribution in [0.4, 0.5) is 13.2 Å². The molecule has 2 aromatic heterocycles. The molecule has 2 atom stereocenters. The second-order valence-corrected chi connectivity index (χ2v) is 8.06. The number of halogens is 3. The van der Waals surface area contributed by atoms with E-state index in [-0.39, 0.29) is 35.9 Å². The van der Waals surface area contributed by atoms with E-state index in [0.717, 1.165) is 25.7 Å². The lowest BCUT2D eigenvalue weighted by Gasteiger charge is -2.28. The number of fused-ring (bicyclic) bond motifs is 1. The molecule has 6 nitrogen and oxygen atoms in total. The van der Waals surface area contributed by atoms with Gasteiger partial charge in [0.25, 0.3) is 5.91 Å². The number of nitrogens with zero attached hydrogens (tertiary/aromatic N) is 2. The SMILES string of the molecule is O=C(N[C@@H]1CCC[C@H](CO)C1)c1cn2cccc(-c3ccccc3OCC(F)(F)F)c2n1. The van der Waals surface area contributed by atoms with Crippen LogP contribution in [0.15, 0.2) is 48.8 Å². The molecule has 1 aliphatic rings. The predicted octanol–water partition coefficient (Wildman–Crippen LogP) is 4.22. The number of hydrogen-bond donors (Lipinski definition) is 2. The van der Waals surface area contributed by atoms with Gasteiger partial charge in [-0.25, -0.2) is 4.98 Å². The smallest absolute Gasteiger partial charge is 0.422 e. The minimum absolute atomic E-state index is 0.0193. The summed E-state index contributed by atoms with van der Waals surface area (Å²) in [5.41, 5.74) is 1.68. The van der Waals surface area contributed by atoms with Gasteiger partial charge < -0.3 is 19.6 Å². The number of benzene rings is 1. The van der Waals surface area contributed by atoms with Crippen LogP contribution in [0.1, 0.15) is 36.2 Å². The van der Waals surface area contributed by atoms with Gasteiger partial charge >= 0.3 is 6.18 Å². The maximum Gasteiger partial charge on any atom is 0.422 e. The summed E-state index contributed by atoms with van der Waals surface area (Å²) in [7, 11) is 0. The van der Waals surface area contributed by atoms with E-state index in [1.54, 1.807) is 47.1 Å². The second kappa shape index (κ2) is 9.20. The molecule has 32 heavy (non-hydrogen) atoms. The van der Waals surface area contributed by atoms with Crippen LogP contribution in [0.3, 0.4) is 0 Å². The van der Waals surface area contributed by atoms with Crippen molar-refractivity contribution in [1.29, 1.82) is 0 Å². The van der Waals surface area contributed by atoms with Crippen molar-refractivity contribution < 1.29 is 27.8 Å². The number of aromatic nitrogens is 2. The molecule has 1 amide bonds. The molecule has 0 unspecified atom stereocenters. The van der Waals surface area contributed by atoms with E-state index in [2.05, 4.69) is 10.3 Å². The molecule has 0 aliphatic heterocycles. The summed E-state index contributed by atoms with van der Waals surface area (Å²) in [6.45, 7) is -1.29. The van der Waals surface area contributed by atoms with Gasteiger partial charge in [-0.15, -0.1) is 0 Å². The lowest BCUT2D eigenvalue weighted by Crippen LogP contribution is -2.39. The Morgan fingerprint density at radius 1 is 1.19 bits per heavy atom. The molecule has 0 radical (unpaired) electrons. The zero-order valence-electron chi connectivity index (χ0n) is 17.3. The number of aliphatic hydroxyl groups is 1. The van der Waals surface area contributed by atoms with Crippen LogP contribution < -0.4 is 10.1 Å².